The molecule has 0 bridgehead atoms. The van der Waals surface area contributed by atoms with Gasteiger partial charge in [0.05, 0.1) is 12.4 Å². The van der Waals surface area contributed by atoms with Gasteiger partial charge in [-0.25, -0.2) is 13.1 Å². The van der Waals surface area contributed by atoms with Crippen LogP contribution in [0.25, 0.3) is 0 Å². The summed E-state index contributed by atoms with van der Waals surface area (Å²) in [4.78, 5) is 0. The van der Waals surface area contributed by atoms with Crippen LogP contribution in [0, 0.1) is 5.92 Å². The van der Waals surface area contributed by atoms with Crippen molar-refractivity contribution in [3.63, 3.8) is 0 Å². The van der Waals surface area contributed by atoms with Crippen LogP contribution in [0.1, 0.15) is 23.6 Å². The molecule has 0 aliphatic carbocycles. The van der Waals surface area contributed by atoms with Gasteiger partial charge in [-0.15, -0.1) is 0 Å². The zero-order chi connectivity index (χ0) is 14.7. The second kappa shape index (κ2) is 6.44. The summed E-state index contributed by atoms with van der Waals surface area (Å²) >= 11 is 0. The van der Waals surface area contributed by atoms with Crippen LogP contribution in [0.15, 0.2) is 24.3 Å². The van der Waals surface area contributed by atoms with E-state index in [1.807, 2.05) is 12.1 Å². The molecule has 1 saturated heterocycles. The van der Waals surface area contributed by atoms with Crippen LogP contribution in [-0.2, 0) is 21.2 Å². The number of hydrogen-bond donors (Lipinski definition) is 2. The van der Waals surface area contributed by atoms with Crippen molar-refractivity contribution >= 4 is 10.0 Å². The standard InChI is InChI=1S/C15H22N2O3S/c18-21(19,11-12-6-8-20-10-12)17-9-15-14-4-2-1-3-13(14)5-7-16-15/h1-4,12,15-17H,5-11H2. The Morgan fingerprint density at radius 3 is 3.00 bits per heavy atom. The van der Waals surface area contributed by atoms with Gasteiger partial charge < -0.3 is 10.1 Å². The summed E-state index contributed by atoms with van der Waals surface area (Å²) in [7, 11) is -3.24. The molecule has 0 saturated carbocycles. The number of fused-ring (bicyclic) bond motifs is 1. The number of ether oxygens (including phenoxy) is 1. The second-order valence-electron chi connectivity index (χ2n) is 5.82. The summed E-state index contributed by atoms with van der Waals surface area (Å²) in [5.74, 6) is 0.301. The molecule has 21 heavy (non-hydrogen) atoms. The molecule has 0 amide bonds. The smallest absolute Gasteiger partial charge is 0.212 e. The van der Waals surface area contributed by atoms with E-state index in [-0.39, 0.29) is 17.7 Å². The Hall–Kier alpha value is -0.950. The maximum absolute atomic E-state index is 12.1. The predicted molar refractivity (Wildman–Crippen MR) is 81.6 cm³/mol. The van der Waals surface area contributed by atoms with Crippen molar-refractivity contribution in [1.29, 1.82) is 0 Å². The molecule has 2 N–H and O–H groups in total. The molecule has 2 heterocycles. The lowest BCUT2D eigenvalue weighted by Crippen LogP contribution is -2.40. The molecular weight excluding hydrogens is 288 g/mol. The van der Waals surface area contributed by atoms with Gasteiger partial charge in [-0.2, -0.15) is 0 Å². The summed E-state index contributed by atoms with van der Waals surface area (Å²) in [6.07, 6.45) is 1.84. The van der Waals surface area contributed by atoms with Gasteiger partial charge in [-0.3, -0.25) is 0 Å². The van der Waals surface area contributed by atoms with E-state index in [1.165, 1.54) is 11.1 Å². The molecule has 3 rings (SSSR count). The maximum Gasteiger partial charge on any atom is 0.212 e. The minimum Gasteiger partial charge on any atom is -0.381 e. The van der Waals surface area contributed by atoms with E-state index in [4.69, 9.17) is 4.74 Å². The van der Waals surface area contributed by atoms with E-state index < -0.39 is 10.0 Å². The van der Waals surface area contributed by atoms with Gasteiger partial charge in [-0.05, 0) is 36.4 Å². The minimum atomic E-state index is -3.24. The minimum absolute atomic E-state index is 0.0598. The average Bonchev–Trinajstić information content (AvgIpc) is 2.97. The molecule has 2 aliphatic rings. The van der Waals surface area contributed by atoms with E-state index in [9.17, 15) is 8.42 Å². The Morgan fingerprint density at radius 2 is 2.19 bits per heavy atom. The van der Waals surface area contributed by atoms with Crippen LogP contribution >= 0.6 is 0 Å². The van der Waals surface area contributed by atoms with Crippen LogP contribution in [0.5, 0.6) is 0 Å². The summed E-state index contributed by atoms with van der Waals surface area (Å²) in [6.45, 7) is 2.54. The summed E-state index contributed by atoms with van der Waals surface area (Å²) < 4.78 is 32.3. The third-order valence-electron chi connectivity index (χ3n) is 4.20. The quantitative estimate of drug-likeness (QED) is 0.845. The van der Waals surface area contributed by atoms with Crippen molar-refractivity contribution < 1.29 is 13.2 Å². The molecule has 6 heteroatoms. The maximum atomic E-state index is 12.1. The molecule has 0 aromatic heterocycles. The topological polar surface area (TPSA) is 67.4 Å². The number of hydrogen-bond acceptors (Lipinski definition) is 4. The van der Waals surface area contributed by atoms with Gasteiger partial charge in [0.1, 0.15) is 0 Å². The third kappa shape index (κ3) is 3.83. The molecule has 0 spiro atoms. The predicted octanol–water partition coefficient (Wildman–Crippen LogP) is 0.829. The van der Waals surface area contributed by atoms with Crippen LogP contribution in [-0.4, -0.2) is 40.5 Å². The molecule has 2 unspecified atom stereocenters. The van der Waals surface area contributed by atoms with Crippen molar-refractivity contribution in [3.05, 3.63) is 35.4 Å². The normalized spacial score (nSPS) is 25.7. The first kappa shape index (κ1) is 15.0. The lowest BCUT2D eigenvalue weighted by atomic mass is 9.95. The van der Waals surface area contributed by atoms with Gasteiger partial charge in [0.2, 0.25) is 10.0 Å². The number of benzene rings is 1. The lowest BCUT2D eigenvalue weighted by Gasteiger charge is -2.27. The highest BCUT2D eigenvalue weighted by Gasteiger charge is 2.25. The molecule has 1 aromatic rings. The molecule has 2 atom stereocenters. The Morgan fingerprint density at radius 1 is 1.33 bits per heavy atom. The van der Waals surface area contributed by atoms with E-state index in [1.54, 1.807) is 0 Å². The van der Waals surface area contributed by atoms with Crippen LogP contribution in [0.4, 0.5) is 0 Å². The van der Waals surface area contributed by atoms with Crippen molar-refractivity contribution in [3.8, 4) is 0 Å². The van der Waals surface area contributed by atoms with Crippen molar-refractivity contribution in [1.82, 2.24) is 10.0 Å². The van der Waals surface area contributed by atoms with Crippen LogP contribution < -0.4 is 10.0 Å². The SMILES string of the molecule is O=S(=O)(CC1CCOC1)NCC1NCCc2ccccc21. The molecule has 1 aromatic carbocycles. The van der Waals surface area contributed by atoms with Gasteiger partial charge in [0.25, 0.3) is 0 Å². The monoisotopic (exact) mass is 310 g/mol. The zero-order valence-electron chi connectivity index (χ0n) is 12.0. The highest BCUT2D eigenvalue weighted by Crippen LogP contribution is 2.22. The van der Waals surface area contributed by atoms with Crippen molar-refractivity contribution in [2.45, 2.75) is 18.9 Å². The van der Waals surface area contributed by atoms with E-state index in [2.05, 4.69) is 22.2 Å². The van der Waals surface area contributed by atoms with Gasteiger partial charge in [-0.1, -0.05) is 24.3 Å². The third-order valence-corrected chi connectivity index (χ3v) is 5.72. The zero-order valence-corrected chi connectivity index (χ0v) is 12.9. The van der Waals surface area contributed by atoms with Gasteiger partial charge >= 0.3 is 0 Å². The number of rotatable bonds is 5. The second-order valence-corrected chi connectivity index (χ2v) is 7.67. The molecule has 116 valence electrons. The fraction of sp³-hybridized carbons (Fsp3) is 0.600. The average molecular weight is 310 g/mol. The van der Waals surface area contributed by atoms with Crippen molar-refractivity contribution in [2.24, 2.45) is 5.92 Å². The first-order valence-corrected chi connectivity index (χ1v) is 9.15. The van der Waals surface area contributed by atoms with E-state index in [0.29, 0.717) is 19.8 Å². The number of nitrogens with one attached hydrogen (secondary N) is 2. The highest BCUT2D eigenvalue weighted by molar-refractivity contribution is 7.89. The van der Waals surface area contributed by atoms with E-state index in [0.717, 1.165) is 19.4 Å². The Bertz CT molecular complexity index is 582. The Kier molecular flexibility index (Phi) is 4.59. The molecule has 0 radical (unpaired) electrons. The lowest BCUT2D eigenvalue weighted by molar-refractivity contribution is 0.188. The summed E-state index contributed by atoms with van der Waals surface area (Å²) in [6, 6.07) is 8.29. The summed E-state index contributed by atoms with van der Waals surface area (Å²) in [5.41, 5.74) is 2.51. The molecule has 1 fully saturated rings. The molecular formula is C15H22N2O3S. The molecule has 2 aliphatic heterocycles. The highest BCUT2D eigenvalue weighted by atomic mass is 32.2. The van der Waals surface area contributed by atoms with Crippen LogP contribution in [0.2, 0.25) is 0 Å². The Balaban J connectivity index is 1.60. The summed E-state index contributed by atoms with van der Waals surface area (Å²) in [5, 5.41) is 3.39. The first-order valence-electron chi connectivity index (χ1n) is 7.50. The number of sulfonamides is 1. The van der Waals surface area contributed by atoms with Gasteiger partial charge in [0, 0.05) is 19.2 Å². The van der Waals surface area contributed by atoms with Gasteiger partial charge in [0.15, 0.2) is 0 Å². The fourth-order valence-corrected chi connectivity index (χ4v) is 4.49. The van der Waals surface area contributed by atoms with Crippen molar-refractivity contribution in [2.75, 3.05) is 32.1 Å². The largest absolute Gasteiger partial charge is 0.381 e. The molecule has 5 nitrogen and oxygen atoms in total. The Labute approximate surface area is 126 Å². The fourth-order valence-electron chi connectivity index (χ4n) is 3.07. The van der Waals surface area contributed by atoms with Crippen LogP contribution in [0.3, 0.4) is 0 Å². The first-order chi connectivity index (χ1) is 10.1. The van der Waals surface area contributed by atoms with E-state index >= 15 is 0 Å².